The zero-order valence-corrected chi connectivity index (χ0v) is 10.7. The van der Waals surface area contributed by atoms with Gasteiger partial charge in [0.2, 0.25) is 0 Å². The minimum atomic E-state index is -0.501. The number of esters is 1. The molecule has 1 saturated carbocycles. The van der Waals surface area contributed by atoms with Crippen LogP contribution in [-0.4, -0.2) is 18.9 Å². The third-order valence-corrected chi connectivity index (χ3v) is 3.54. The first kappa shape index (κ1) is 13.2. The van der Waals surface area contributed by atoms with E-state index in [4.69, 9.17) is 4.74 Å². The average Bonchev–Trinajstić information content (AvgIpc) is 2.52. The fourth-order valence-corrected chi connectivity index (χ4v) is 2.91. The summed E-state index contributed by atoms with van der Waals surface area (Å²) in [5, 5.41) is 0. The van der Waals surface area contributed by atoms with Gasteiger partial charge in [0.25, 0.3) is 0 Å². The Hall–Kier alpha value is -0.860. The molecule has 16 heavy (non-hydrogen) atoms. The van der Waals surface area contributed by atoms with Crippen LogP contribution in [0, 0.1) is 23.7 Å². The van der Waals surface area contributed by atoms with Crippen LogP contribution in [0.4, 0.5) is 0 Å². The summed E-state index contributed by atoms with van der Waals surface area (Å²) in [6.07, 6.45) is 2.46. The molecule has 0 aromatic rings. The Morgan fingerprint density at radius 1 is 1.50 bits per heavy atom. The summed E-state index contributed by atoms with van der Waals surface area (Å²) < 4.78 is 4.73. The van der Waals surface area contributed by atoms with Crippen molar-refractivity contribution >= 4 is 11.8 Å². The quantitative estimate of drug-likeness (QED) is 0.546. The lowest BCUT2D eigenvalue weighted by Crippen LogP contribution is -2.27. The van der Waals surface area contributed by atoms with Gasteiger partial charge in [-0.25, -0.2) is 0 Å². The van der Waals surface area contributed by atoms with Crippen LogP contribution >= 0.6 is 0 Å². The third-order valence-electron chi connectivity index (χ3n) is 3.54. The molecular weight excluding hydrogens is 204 g/mol. The van der Waals surface area contributed by atoms with Crippen molar-refractivity contribution in [3.63, 3.8) is 0 Å². The van der Waals surface area contributed by atoms with Crippen LogP contribution < -0.4 is 0 Å². The molecule has 3 nitrogen and oxygen atoms in total. The molecule has 1 aliphatic rings. The largest absolute Gasteiger partial charge is 0.468 e. The van der Waals surface area contributed by atoms with Crippen molar-refractivity contribution in [1.29, 1.82) is 0 Å². The normalized spacial score (nSPS) is 29.8. The number of carbonyl (C=O) groups excluding carboxylic acids is 2. The smallest absolute Gasteiger partial charge is 0.316 e. The number of methoxy groups -OCH3 is 1. The van der Waals surface area contributed by atoms with Gasteiger partial charge in [0.05, 0.1) is 7.11 Å². The Labute approximate surface area is 97.5 Å². The van der Waals surface area contributed by atoms with Crippen LogP contribution in [0.3, 0.4) is 0 Å². The van der Waals surface area contributed by atoms with Crippen LogP contribution in [0.25, 0.3) is 0 Å². The summed E-state index contributed by atoms with van der Waals surface area (Å²) in [6.45, 7) is 6.36. The standard InChI is InChI=1S/C13H22O3/c1-5-10-9(6-8(2)3)7-11(14)12(10)13(15)16-4/h8-10,12H,5-7H2,1-4H3. The third kappa shape index (κ3) is 2.63. The number of ketones is 1. The Morgan fingerprint density at radius 3 is 2.56 bits per heavy atom. The molecule has 3 heteroatoms. The van der Waals surface area contributed by atoms with Gasteiger partial charge >= 0.3 is 5.97 Å². The summed E-state index contributed by atoms with van der Waals surface area (Å²) in [4.78, 5) is 23.4. The number of rotatable bonds is 4. The highest BCUT2D eigenvalue weighted by Crippen LogP contribution is 2.40. The summed E-state index contributed by atoms with van der Waals surface area (Å²) in [5.41, 5.74) is 0. The van der Waals surface area contributed by atoms with Crippen LogP contribution in [0.1, 0.15) is 40.0 Å². The van der Waals surface area contributed by atoms with Gasteiger partial charge in [-0.3, -0.25) is 9.59 Å². The first-order valence-electron chi connectivity index (χ1n) is 6.11. The lowest BCUT2D eigenvalue weighted by atomic mass is 9.83. The molecule has 0 spiro atoms. The van der Waals surface area contributed by atoms with E-state index in [2.05, 4.69) is 13.8 Å². The number of hydrogen-bond donors (Lipinski definition) is 0. The minimum absolute atomic E-state index is 0.0735. The summed E-state index contributed by atoms with van der Waals surface area (Å²) >= 11 is 0. The van der Waals surface area contributed by atoms with Gasteiger partial charge in [-0.15, -0.1) is 0 Å². The molecule has 0 radical (unpaired) electrons. The molecule has 0 aliphatic heterocycles. The highest BCUT2D eigenvalue weighted by atomic mass is 16.5. The zero-order valence-electron chi connectivity index (χ0n) is 10.7. The monoisotopic (exact) mass is 226 g/mol. The van der Waals surface area contributed by atoms with Crippen molar-refractivity contribution < 1.29 is 14.3 Å². The summed E-state index contributed by atoms with van der Waals surface area (Å²) in [7, 11) is 1.36. The maximum Gasteiger partial charge on any atom is 0.316 e. The van der Waals surface area contributed by atoms with Crippen LogP contribution in [0.15, 0.2) is 0 Å². The van der Waals surface area contributed by atoms with Crippen molar-refractivity contribution in [1.82, 2.24) is 0 Å². The molecule has 0 aromatic heterocycles. The van der Waals surface area contributed by atoms with Gasteiger partial charge in [-0.2, -0.15) is 0 Å². The minimum Gasteiger partial charge on any atom is -0.468 e. The van der Waals surface area contributed by atoms with Crippen LogP contribution in [0.2, 0.25) is 0 Å². The number of ether oxygens (including phenoxy) is 1. The van der Waals surface area contributed by atoms with E-state index in [0.29, 0.717) is 18.3 Å². The Kier molecular flexibility index (Phi) is 4.51. The van der Waals surface area contributed by atoms with E-state index in [-0.39, 0.29) is 17.7 Å². The Balaban J connectivity index is 2.79. The van der Waals surface area contributed by atoms with Crippen LogP contribution in [-0.2, 0) is 14.3 Å². The van der Waals surface area contributed by atoms with E-state index in [1.807, 2.05) is 6.92 Å². The van der Waals surface area contributed by atoms with Gasteiger partial charge in [-0.1, -0.05) is 27.2 Å². The molecule has 1 fully saturated rings. The second-order valence-electron chi connectivity index (χ2n) is 5.13. The summed E-state index contributed by atoms with van der Waals surface area (Å²) in [6, 6.07) is 0. The van der Waals surface area contributed by atoms with E-state index >= 15 is 0 Å². The molecule has 0 N–H and O–H groups in total. The molecule has 0 bridgehead atoms. The zero-order chi connectivity index (χ0) is 12.3. The molecule has 0 aromatic carbocycles. The molecule has 0 saturated heterocycles. The second-order valence-corrected chi connectivity index (χ2v) is 5.13. The highest BCUT2D eigenvalue weighted by Gasteiger charge is 2.45. The fraction of sp³-hybridized carbons (Fsp3) is 0.846. The van der Waals surface area contributed by atoms with E-state index in [0.717, 1.165) is 12.8 Å². The van der Waals surface area contributed by atoms with Crippen molar-refractivity contribution in [3.8, 4) is 0 Å². The molecule has 0 amide bonds. The van der Waals surface area contributed by atoms with E-state index in [1.54, 1.807) is 0 Å². The molecular formula is C13H22O3. The van der Waals surface area contributed by atoms with Crippen molar-refractivity contribution in [2.45, 2.75) is 40.0 Å². The first-order valence-corrected chi connectivity index (χ1v) is 6.11. The Morgan fingerprint density at radius 2 is 2.12 bits per heavy atom. The fourth-order valence-electron chi connectivity index (χ4n) is 2.91. The van der Waals surface area contributed by atoms with Crippen LogP contribution in [0.5, 0.6) is 0 Å². The van der Waals surface area contributed by atoms with Crippen molar-refractivity contribution in [3.05, 3.63) is 0 Å². The van der Waals surface area contributed by atoms with Gasteiger partial charge < -0.3 is 4.74 Å². The Bertz CT molecular complexity index is 270. The number of Topliss-reactive ketones (excluding diaryl/α,β-unsaturated/α-hetero) is 1. The van der Waals surface area contributed by atoms with Gasteiger partial charge in [0.15, 0.2) is 0 Å². The van der Waals surface area contributed by atoms with Crippen molar-refractivity contribution in [2.24, 2.45) is 23.7 Å². The molecule has 0 heterocycles. The van der Waals surface area contributed by atoms with Gasteiger partial charge in [0, 0.05) is 6.42 Å². The topological polar surface area (TPSA) is 43.4 Å². The molecule has 3 unspecified atom stereocenters. The van der Waals surface area contributed by atoms with E-state index < -0.39 is 5.92 Å². The van der Waals surface area contributed by atoms with E-state index in [9.17, 15) is 9.59 Å². The number of carbonyl (C=O) groups is 2. The lowest BCUT2D eigenvalue weighted by Gasteiger charge is -2.22. The maximum absolute atomic E-state index is 11.8. The van der Waals surface area contributed by atoms with Gasteiger partial charge in [-0.05, 0) is 24.2 Å². The van der Waals surface area contributed by atoms with Gasteiger partial charge in [0.1, 0.15) is 11.7 Å². The molecule has 92 valence electrons. The molecule has 3 atom stereocenters. The van der Waals surface area contributed by atoms with Crippen molar-refractivity contribution in [2.75, 3.05) is 7.11 Å². The highest BCUT2D eigenvalue weighted by molar-refractivity contribution is 6.01. The maximum atomic E-state index is 11.8. The predicted molar refractivity (Wildman–Crippen MR) is 61.9 cm³/mol. The first-order chi connectivity index (χ1) is 7.51. The molecule has 1 rings (SSSR count). The number of hydrogen-bond acceptors (Lipinski definition) is 3. The predicted octanol–water partition coefficient (Wildman–Crippen LogP) is 2.44. The average molecular weight is 226 g/mol. The lowest BCUT2D eigenvalue weighted by molar-refractivity contribution is -0.150. The second kappa shape index (κ2) is 5.46. The molecule has 1 aliphatic carbocycles. The van der Waals surface area contributed by atoms with E-state index in [1.165, 1.54) is 7.11 Å². The summed E-state index contributed by atoms with van der Waals surface area (Å²) in [5.74, 6) is 0.346. The SMILES string of the molecule is CCC1C(CC(C)C)CC(=O)C1C(=O)OC.